The first-order chi connectivity index (χ1) is 7.02. The number of ketones is 1. The van der Waals surface area contributed by atoms with Gasteiger partial charge in [-0.15, -0.1) is 6.58 Å². The van der Waals surface area contributed by atoms with Crippen LogP contribution in [0.25, 0.3) is 0 Å². The summed E-state index contributed by atoms with van der Waals surface area (Å²) in [6.45, 7) is 7.53. The quantitative estimate of drug-likeness (QED) is 0.604. The molecule has 2 heteroatoms. The van der Waals surface area contributed by atoms with Gasteiger partial charge in [0.25, 0.3) is 0 Å². The van der Waals surface area contributed by atoms with Crippen molar-refractivity contribution < 1.29 is 9.90 Å². The predicted octanol–water partition coefficient (Wildman–Crippen LogP) is 3.18. The van der Waals surface area contributed by atoms with Gasteiger partial charge in [0.1, 0.15) is 5.75 Å². The van der Waals surface area contributed by atoms with Crippen LogP contribution < -0.4 is 0 Å². The molecule has 0 aliphatic rings. The lowest BCUT2D eigenvalue weighted by Crippen LogP contribution is -2.11. The molecular weight excluding hydrogens is 188 g/mol. The van der Waals surface area contributed by atoms with E-state index >= 15 is 0 Å². The highest BCUT2D eigenvalue weighted by Crippen LogP contribution is 2.22. The van der Waals surface area contributed by atoms with Crippen LogP contribution in [0, 0.1) is 5.92 Å². The minimum Gasteiger partial charge on any atom is -0.507 e. The first-order valence-electron chi connectivity index (χ1n) is 4.99. The highest BCUT2D eigenvalue weighted by atomic mass is 16.3. The second-order valence-corrected chi connectivity index (χ2v) is 3.94. The highest BCUT2D eigenvalue weighted by Gasteiger charge is 2.17. The van der Waals surface area contributed by atoms with E-state index in [1.165, 1.54) is 6.07 Å². The molecule has 1 rings (SSSR count). The number of benzene rings is 1. The Morgan fingerprint density at radius 2 is 2.07 bits per heavy atom. The number of allylic oxidation sites excluding steroid dienone is 1. The van der Waals surface area contributed by atoms with E-state index in [-0.39, 0.29) is 17.5 Å². The summed E-state index contributed by atoms with van der Waals surface area (Å²) in [6, 6.07) is 6.63. The van der Waals surface area contributed by atoms with E-state index in [9.17, 15) is 9.90 Å². The summed E-state index contributed by atoms with van der Waals surface area (Å²) in [6.07, 6.45) is 0.660. The molecule has 1 N–H and O–H groups in total. The predicted molar refractivity (Wildman–Crippen MR) is 61.0 cm³/mol. The molecule has 0 saturated heterocycles. The largest absolute Gasteiger partial charge is 0.507 e. The Morgan fingerprint density at radius 1 is 1.47 bits per heavy atom. The molecule has 0 aliphatic heterocycles. The van der Waals surface area contributed by atoms with Crippen molar-refractivity contribution in [2.75, 3.05) is 0 Å². The number of aromatic hydroxyl groups is 1. The maximum Gasteiger partial charge on any atom is 0.169 e. The van der Waals surface area contributed by atoms with Crippen molar-refractivity contribution in [2.45, 2.75) is 20.3 Å². The highest BCUT2D eigenvalue weighted by molar-refractivity contribution is 6.00. The van der Waals surface area contributed by atoms with Gasteiger partial charge in [-0.25, -0.2) is 0 Å². The molecule has 0 spiro atoms. The van der Waals surface area contributed by atoms with Gasteiger partial charge >= 0.3 is 0 Å². The van der Waals surface area contributed by atoms with Crippen molar-refractivity contribution >= 4 is 5.78 Å². The van der Waals surface area contributed by atoms with Crippen LogP contribution in [0.4, 0.5) is 0 Å². The Hall–Kier alpha value is -1.57. The number of carbonyl (C=O) groups is 1. The SMILES string of the molecule is C=C(C)CC(C)C(=O)c1ccccc1O. The van der Waals surface area contributed by atoms with Crippen LogP contribution in [0.5, 0.6) is 5.75 Å². The Bertz CT molecular complexity index is 380. The summed E-state index contributed by atoms with van der Waals surface area (Å²) in [4.78, 5) is 11.9. The molecule has 0 amide bonds. The van der Waals surface area contributed by atoms with Crippen molar-refractivity contribution in [3.63, 3.8) is 0 Å². The lowest BCUT2D eigenvalue weighted by Gasteiger charge is -2.10. The minimum atomic E-state index is -0.129. The van der Waals surface area contributed by atoms with Crippen LogP contribution in [0.15, 0.2) is 36.4 Å². The van der Waals surface area contributed by atoms with Crippen molar-refractivity contribution in [1.29, 1.82) is 0 Å². The van der Waals surface area contributed by atoms with Gasteiger partial charge in [0.05, 0.1) is 5.56 Å². The Morgan fingerprint density at radius 3 is 2.60 bits per heavy atom. The molecule has 0 radical (unpaired) electrons. The van der Waals surface area contributed by atoms with Gasteiger partial charge in [-0.1, -0.05) is 24.6 Å². The Balaban J connectivity index is 2.85. The average Bonchev–Trinajstić information content (AvgIpc) is 2.16. The van der Waals surface area contributed by atoms with E-state index < -0.39 is 0 Å². The summed E-state index contributed by atoms with van der Waals surface area (Å²) >= 11 is 0. The van der Waals surface area contributed by atoms with Gasteiger partial charge in [0.2, 0.25) is 0 Å². The third-order valence-corrected chi connectivity index (χ3v) is 2.27. The minimum absolute atomic E-state index is 0.0314. The zero-order chi connectivity index (χ0) is 11.4. The second-order valence-electron chi connectivity index (χ2n) is 3.94. The molecule has 0 saturated carbocycles. The molecule has 1 aromatic carbocycles. The number of hydrogen-bond donors (Lipinski definition) is 1. The number of carbonyl (C=O) groups excluding carboxylic acids is 1. The fraction of sp³-hybridized carbons (Fsp3) is 0.308. The monoisotopic (exact) mass is 204 g/mol. The van der Waals surface area contributed by atoms with E-state index in [0.717, 1.165) is 5.57 Å². The summed E-state index contributed by atoms with van der Waals surface area (Å²) in [5.41, 5.74) is 1.37. The van der Waals surface area contributed by atoms with Crippen molar-refractivity contribution in [3.05, 3.63) is 42.0 Å². The Kier molecular flexibility index (Phi) is 3.67. The van der Waals surface area contributed by atoms with Crippen LogP contribution in [0.3, 0.4) is 0 Å². The third-order valence-electron chi connectivity index (χ3n) is 2.27. The molecular formula is C13H16O2. The van der Waals surface area contributed by atoms with E-state index in [4.69, 9.17) is 0 Å². The second kappa shape index (κ2) is 4.78. The van der Waals surface area contributed by atoms with E-state index in [2.05, 4.69) is 6.58 Å². The maximum absolute atomic E-state index is 11.9. The van der Waals surface area contributed by atoms with Crippen molar-refractivity contribution in [1.82, 2.24) is 0 Å². The van der Waals surface area contributed by atoms with Gasteiger partial charge in [-0.3, -0.25) is 4.79 Å². The molecule has 0 aromatic heterocycles. The molecule has 1 atom stereocenters. The van der Waals surface area contributed by atoms with E-state index in [1.54, 1.807) is 18.2 Å². The lowest BCUT2D eigenvalue weighted by molar-refractivity contribution is 0.0926. The lowest BCUT2D eigenvalue weighted by atomic mass is 9.93. The summed E-state index contributed by atoms with van der Waals surface area (Å²) in [7, 11) is 0. The number of Topliss-reactive ketones (excluding diaryl/α,β-unsaturated/α-hetero) is 1. The fourth-order valence-electron chi connectivity index (χ4n) is 1.56. The van der Waals surface area contributed by atoms with E-state index in [0.29, 0.717) is 12.0 Å². The first-order valence-corrected chi connectivity index (χ1v) is 4.99. The summed E-state index contributed by atoms with van der Waals surface area (Å²) < 4.78 is 0. The van der Waals surface area contributed by atoms with Crippen LogP contribution in [0.2, 0.25) is 0 Å². The maximum atomic E-state index is 11.9. The zero-order valence-electron chi connectivity index (χ0n) is 9.16. The summed E-state index contributed by atoms with van der Waals surface area (Å²) in [5, 5.41) is 9.52. The molecule has 0 aliphatic carbocycles. The van der Waals surface area contributed by atoms with Crippen LogP contribution >= 0.6 is 0 Å². The number of hydrogen-bond acceptors (Lipinski definition) is 2. The fourth-order valence-corrected chi connectivity index (χ4v) is 1.56. The van der Waals surface area contributed by atoms with Crippen molar-refractivity contribution in [3.8, 4) is 5.75 Å². The Labute approximate surface area is 90.3 Å². The van der Waals surface area contributed by atoms with E-state index in [1.807, 2.05) is 13.8 Å². The number of rotatable bonds is 4. The zero-order valence-corrected chi connectivity index (χ0v) is 9.16. The molecule has 1 unspecified atom stereocenters. The van der Waals surface area contributed by atoms with Gasteiger partial charge in [-0.05, 0) is 25.5 Å². The molecule has 1 aromatic rings. The van der Waals surface area contributed by atoms with Crippen LogP contribution in [-0.4, -0.2) is 10.9 Å². The standard InChI is InChI=1S/C13H16O2/c1-9(2)8-10(3)13(15)11-6-4-5-7-12(11)14/h4-7,10,14H,1,8H2,2-3H3. The smallest absolute Gasteiger partial charge is 0.169 e. The number of phenols is 1. The van der Waals surface area contributed by atoms with Gasteiger partial charge in [-0.2, -0.15) is 0 Å². The molecule has 0 bridgehead atoms. The topological polar surface area (TPSA) is 37.3 Å². The molecule has 0 fully saturated rings. The number of para-hydroxylation sites is 1. The average molecular weight is 204 g/mol. The third kappa shape index (κ3) is 2.94. The molecule has 0 heterocycles. The first kappa shape index (κ1) is 11.5. The molecule has 15 heavy (non-hydrogen) atoms. The van der Waals surface area contributed by atoms with Gasteiger partial charge in [0.15, 0.2) is 5.78 Å². The summed E-state index contributed by atoms with van der Waals surface area (Å²) in [5.74, 6) is -0.108. The van der Waals surface area contributed by atoms with Crippen LogP contribution in [-0.2, 0) is 0 Å². The molecule has 80 valence electrons. The normalized spacial score (nSPS) is 12.1. The van der Waals surface area contributed by atoms with Gasteiger partial charge in [0, 0.05) is 5.92 Å². The van der Waals surface area contributed by atoms with Crippen LogP contribution in [0.1, 0.15) is 30.6 Å². The van der Waals surface area contributed by atoms with Gasteiger partial charge < -0.3 is 5.11 Å². The molecule has 2 nitrogen and oxygen atoms in total. The number of phenolic OH excluding ortho intramolecular Hbond substituents is 1. The van der Waals surface area contributed by atoms with Crippen molar-refractivity contribution in [2.24, 2.45) is 5.92 Å².